The molecule has 0 spiro atoms. The third-order valence-electron chi connectivity index (χ3n) is 3.03. The van der Waals surface area contributed by atoms with E-state index in [-0.39, 0.29) is 13.2 Å². The Bertz CT molecular complexity index is 551. The Morgan fingerprint density at radius 2 is 1.67 bits per heavy atom. The topological polar surface area (TPSA) is 151 Å². The van der Waals surface area contributed by atoms with Gasteiger partial charge in [0, 0.05) is 0 Å². The molecule has 2 amide bonds. The fourth-order valence-electron chi connectivity index (χ4n) is 1.73. The number of carbonyl (C=O) groups excluding carboxylic acids is 3. The first-order valence-corrected chi connectivity index (χ1v) is 7.23. The van der Waals surface area contributed by atoms with Gasteiger partial charge in [-0.25, -0.2) is 4.79 Å². The van der Waals surface area contributed by atoms with Crippen LogP contribution in [0.25, 0.3) is 0 Å². The van der Waals surface area contributed by atoms with E-state index in [4.69, 9.17) is 15.6 Å². The Balaban J connectivity index is 2.56. The first-order valence-electron chi connectivity index (χ1n) is 7.23. The van der Waals surface area contributed by atoms with Crippen molar-refractivity contribution in [1.82, 2.24) is 10.6 Å². The molecule has 0 unspecified atom stereocenters. The molecule has 1 aromatic rings. The lowest BCUT2D eigenvalue weighted by Crippen LogP contribution is -2.55. The maximum atomic E-state index is 11.9. The molecule has 1 aromatic carbocycles. The summed E-state index contributed by atoms with van der Waals surface area (Å²) >= 11 is 0. The first kappa shape index (κ1) is 19.6. The molecule has 24 heavy (non-hydrogen) atoms. The van der Waals surface area contributed by atoms with E-state index in [0.717, 1.165) is 5.56 Å². The van der Waals surface area contributed by atoms with Crippen molar-refractivity contribution in [2.24, 2.45) is 5.73 Å². The fourth-order valence-corrected chi connectivity index (χ4v) is 1.73. The summed E-state index contributed by atoms with van der Waals surface area (Å²) in [5, 5.41) is 22.7. The highest BCUT2D eigenvalue weighted by molar-refractivity contribution is 5.91. The number of carbonyl (C=O) groups is 3. The van der Waals surface area contributed by atoms with Crippen molar-refractivity contribution in [1.29, 1.82) is 0 Å². The Labute approximate surface area is 138 Å². The van der Waals surface area contributed by atoms with Crippen LogP contribution in [0.2, 0.25) is 0 Å². The lowest BCUT2D eigenvalue weighted by atomic mass is 10.2. The van der Waals surface area contributed by atoms with Crippen LogP contribution in [0, 0.1) is 0 Å². The van der Waals surface area contributed by atoms with E-state index in [1.54, 1.807) is 24.3 Å². The molecule has 0 aliphatic heterocycles. The van der Waals surface area contributed by atoms with Crippen molar-refractivity contribution in [3.63, 3.8) is 0 Å². The second-order valence-electron chi connectivity index (χ2n) is 4.84. The molecule has 0 fully saturated rings. The number of ether oxygens (including phenoxy) is 1. The summed E-state index contributed by atoms with van der Waals surface area (Å²) in [6.07, 6.45) is 0. The molecule has 0 aliphatic carbocycles. The molecule has 1 rings (SSSR count). The number of amides is 2. The summed E-state index contributed by atoms with van der Waals surface area (Å²) in [5.74, 6) is -2.32. The van der Waals surface area contributed by atoms with Crippen LogP contribution in [0.15, 0.2) is 30.3 Å². The number of hydrogen-bond acceptors (Lipinski definition) is 7. The lowest BCUT2D eigenvalue weighted by molar-refractivity contribution is -0.150. The molecule has 132 valence electrons. The van der Waals surface area contributed by atoms with Crippen LogP contribution >= 0.6 is 0 Å². The molecule has 9 nitrogen and oxygen atoms in total. The average Bonchev–Trinajstić information content (AvgIpc) is 2.62. The molecular formula is C15H21N3O6. The fraction of sp³-hybridized carbons (Fsp3) is 0.400. The SMILES string of the molecule is NCC(=O)N[C@@H](CO)C(=O)N[C@@H](CO)C(=O)OCc1ccccc1. The Hall–Kier alpha value is -2.49. The molecule has 0 bridgehead atoms. The third kappa shape index (κ3) is 6.32. The van der Waals surface area contributed by atoms with Crippen molar-refractivity contribution in [3.05, 3.63) is 35.9 Å². The number of esters is 1. The highest BCUT2D eigenvalue weighted by atomic mass is 16.5. The number of aliphatic hydroxyl groups excluding tert-OH is 2. The predicted molar refractivity (Wildman–Crippen MR) is 83.3 cm³/mol. The van der Waals surface area contributed by atoms with Crippen molar-refractivity contribution >= 4 is 17.8 Å². The van der Waals surface area contributed by atoms with Gasteiger partial charge in [-0.2, -0.15) is 0 Å². The zero-order valence-corrected chi connectivity index (χ0v) is 13.0. The quantitative estimate of drug-likeness (QED) is 0.316. The molecule has 0 aliphatic rings. The molecule has 0 saturated heterocycles. The summed E-state index contributed by atoms with van der Waals surface area (Å²) < 4.78 is 5.01. The van der Waals surface area contributed by atoms with Gasteiger partial charge in [-0.1, -0.05) is 30.3 Å². The van der Waals surface area contributed by atoms with Crippen LogP contribution in [-0.2, 0) is 25.7 Å². The summed E-state index contributed by atoms with van der Waals surface area (Å²) in [4.78, 5) is 35.0. The van der Waals surface area contributed by atoms with E-state index in [1.807, 2.05) is 6.07 Å². The Morgan fingerprint density at radius 1 is 1.04 bits per heavy atom. The van der Waals surface area contributed by atoms with Crippen LogP contribution < -0.4 is 16.4 Å². The predicted octanol–water partition coefficient (Wildman–Crippen LogP) is -2.36. The van der Waals surface area contributed by atoms with Crippen molar-refractivity contribution in [3.8, 4) is 0 Å². The van der Waals surface area contributed by atoms with Gasteiger partial charge in [0.25, 0.3) is 0 Å². The first-order chi connectivity index (χ1) is 11.5. The van der Waals surface area contributed by atoms with Crippen molar-refractivity contribution < 1.29 is 29.3 Å². The van der Waals surface area contributed by atoms with Gasteiger partial charge in [0.1, 0.15) is 12.6 Å². The van der Waals surface area contributed by atoms with E-state index in [9.17, 15) is 19.5 Å². The smallest absolute Gasteiger partial charge is 0.331 e. The van der Waals surface area contributed by atoms with Gasteiger partial charge < -0.3 is 31.3 Å². The standard InChI is InChI=1S/C15H21N3O6/c16-6-13(21)17-11(7-19)14(22)18-12(8-20)15(23)24-9-10-4-2-1-3-5-10/h1-5,11-12,19-20H,6-9,16H2,(H,17,21)(H,18,22)/t11-,12-/m0/s1. The van der Waals surface area contributed by atoms with Crippen LogP contribution in [0.1, 0.15) is 5.56 Å². The maximum Gasteiger partial charge on any atom is 0.331 e. The van der Waals surface area contributed by atoms with E-state index in [2.05, 4.69) is 10.6 Å². The summed E-state index contributed by atoms with van der Waals surface area (Å²) in [7, 11) is 0. The summed E-state index contributed by atoms with van der Waals surface area (Å²) in [6.45, 7) is -1.75. The molecule has 6 N–H and O–H groups in total. The van der Waals surface area contributed by atoms with Crippen LogP contribution in [0.5, 0.6) is 0 Å². The summed E-state index contributed by atoms with van der Waals surface area (Å²) in [6, 6.07) is 6.28. The van der Waals surface area contributed by atoms with E-state index in [1.165, 1.54) is 0 Å². The van der Waals surface area contributed by atoms with E-state index >= 15 is 0 Å². The molecule has 9 heteroatoms. The van der Waals surface area contributed by atoms with Crippen molar-refractivity contribution in [2.45, 2.75) is 18.7 Å². The average molecular weight is 339 g/mol. The number of aliphatic hydroxyl groups is 2. The molecular weight excluding hydrogens is 318 g/mol. The second-order valence-corrected chi connectivity index (χ2v) is 4.84. The van der Waals surface area contributed by atoms with E-state index < -0.39 is 43.1 Å². The zero-order valence-electron chi connectivity index (χ0n) is 13.0. The van der Waals surface area contributed by atoms with Crippen LogP contribution in [0.3, 0.4) is 0 Å². The van der Waals surface area contributed by atoms with E-state index in [0.29, 0.717) is 0 Å². The molecule has 0 aromatic heterocycles. The number of rotatable bonds is 9. The minimum absolute atomic E-state index is 0.0145. The minimum Gasteiger partial charge on any atom is -0.459 e. The molecule has 0 heterocycles. The van der Waals surface area contributed by atoms with Gasteiger partial charge >= 0.3 is 5.97 Å². The van der Waals surface area contributed by atoms with Gasteiger partial charge in [0.05, 0.1) is 19.8 Å². The normalized spacial score (nSPS) is 12.8. The molecule has 0 radical (unpaired) electrons. The Kier molecular flexibility index (Phi) is 8.41. The number of benzene rings is 1. The summed E-state index contributed by atoms with van der Waals surface area (Å²) in [5.41, 5.74) is 5.85. The van der Waals surface area contributed by atoms with Crippen LogP contribution in [0.4, 0.5) is 0 Å². The van der Waals surface area contributed by atoms with Gasteiger partial charge in [0.15, 0.2) is 6.04 Å². The zero-order chi connectivity index (χ0) is 17.9. The van der Waals surface area contributed by atoms with Crippen molar-refractivity contribution in [2.75, 3.05) is 19.8 Å². The molecule has 2 atom stereocenters. The monoisotopic (exact) mass is 339 g/mol. The van der Waals surface area contributed by atoms with Gasteiger partial charge in [-0.3, -0.25) is 9.59 Å². The van der Waals surface area contributed by atoms with Crippen LogP contribution in [-0.4, -0.2) is 59.8 Å². The lowest BCUT2D eigenvalue weighted by Gasteiger charge is -2.20. The van der Waals surface area contributed by atoms with Gasteiger partial charge in [-0.15, -0.1) is 0 Å². The second kappa shape index (κ2) is 10.3. The third-order valence-corrected chi connectivity index (χ3v) is 3.03. The number of hydrogen-bond donors (Lipinski definition) is 5. The number of nitrogens with one attached hydrogen (secondary N) is 2. The molecule has 0 saturated carbocycles. The largest absolute Gasteiger partial charge is 0.459 e. The van der Waals surface area contributed by atoms with Gasteiger partial charge in [-0.05, 0) is 5.56 Å². The minimum atomic E-state index is -1.31. The maximum absolute atomic E-state index is 11.9. The van der Waals surface area contributed by atoms with Gasteiger partial charge in [0.2, 0.25) is 11.8 Å². The number of nitrogens with two attached hydrogens (primary N) is 1. The Morgan fingerprint density at radius 3 is 2.21 bits per heavy atom. The highest BCUT2D eigenvalue weighted by Gasteiger charge is 2.26. The highest BCUT2D eigenvalue weighted by Crippen LogP contribution is 2.02.